The average molecular weight is 410 g/mol. The van der Waals surface area contributed by atoms with Crippen molar-refractivity contribution in [2.45, 2.75) is 39.2 Å². The number of rotatable bonds is 10. The van der Waals surface area contributed by atoms with Gasteiger partial charge in [0, 0.05) is 5.56 Å². The second-order valence-electron chi connectivity index (χ2n) is 6.29. The molecular weight excluding hydrogens is 382 g/mol. The monoisotopic (exact) mass is 409 g/mol. The Morgan fingerprint density at radius 3 is 2.18 bits per heavy atom. The zero-order valence-electron chi connectivity index (χ0n) is 16.6. The van der Waals surface area contributed by atoms with Gasteiger partial charge in [0.2, 0.25) is 0 Å². The van der Waals surface area contributed by atoms with Crippen LogP contribution in [0.5, 0.6) is 0 Å². The van der Waals surface area contributed by atoms with Crippen LogP contribution in [0.4, 0.5) is 0 Å². The van der Waals surface area contributed by atoms with Gasteiger partial charge in [-0.05, 0) is 43.3 Å². The predicted molar refractivity (Wildman–Crippen MR) is 110 cm³/mol. The fourth-order valence-corrected chi connectivity index (χ4v) is 2.76. The largest absolute Gasteiger partial charge is 0.465 e. The van der Waals surface area contributed by atoms with Crippen molar-refractivity contribution >= 4 is 24.3 Å². The Bertz CT molecular complexity index is 738. The zero-order chi connectivity index (χ0) is 19.6. The third-order valence-electron chi connectivity index (χ3n) is 4.23. The molecule has 0 aliphatic carbocycles. The number of nitrogens with one attached hydrogen (secondary N) is 1. The molecule has 2 rings (SSSR count). The van der Waals surface area contributed by atoms with Crippen LogP contribution in [0.25, 0.3) is 11.3 Å². The lowest BCUT2D eigenvalue weighted by Gasteiger charge is -2.07. The zero-order valence-corrected chi connectivity index (χ0v) is 17.4. The maximum Gasteiger partial charge on any atom is 0.337 e. The lowest BCUT2D eigenvalue weighted by molar-refractivity contribution is 0.0599. The molecular formula is C21H28ClNO5. The van der Waals surface area contributed by atoms with E-state index in [0.717, 1.165) is 18.7 Å². The Morgan fingerprint density at radius 1 is 0.964 bits per heavy atom. The summed E-state index contributed by atoms with van der Waals surface area (Å²) in [5.41, 5.74) is 1.15. The van der Waals surface area contributed by atoms with Crippen LogP contribution in [0, 0.1) is 0 Å². The van der Waals surface area contributed by atoms with Gasteiger partial charge in [0.1, 0.15) is 11.5 Å². The number of hydrogen-bond acceptors (Lipinski definition) is 6. The molecule has 0 aliphatic rings. The van der Waals surface area contributed by atoms with Crippen LogP contribution >= 0.6 is 12.4 Å². The standard InChI is InChI=1S/C21H27NO5.ClH/c1-4-5-6-7-10-22-14-18-8-9-19(27-18)15-11-16(20(23)25-2)13-17(12-15)21(24)26-3;/h8-9,11-13,22H,4-7,10,14H2,1-3H3;1H. The number of ether oxygens (including phenoxy) is 2. The Labute approximate surface area is 172 Å². The number of carbonyl (C=O) groups is 2. The van der Waals surface area contributed by atoms with Gasteiger partial charge in [-0.25, -0.2) is 9.59 Å². The summed E-state index contributed by atoms with van der Waals surface area (Å²) in [6, 6.07) is 8.43. The maximum absolute atomic E-state index is 11.9. The number of esters is 2. The SMILES string of the molecule is CCCCCCNCc1ccc(-c2cc(C(=O)OC)cc(C(=O)OC)c2)o1.Cl. The molecule has 0 aliphatic heterocycles. The lowest BCUT2D eigenvalue weighted by Crippen LogP contribution is -2.14. The fourth-order valence-electron chi connectivity index (χ4n) is 2.76. The Balaban J connectivity index is 0.00000392. The van der Waals surface area contributed by atoms with Gasteiger partial charge in [-0.3, -0.25) is 0 Å². The van der Waals surface area contributed by atoms with E-state index in [0.29, 0.717) is 17.9 Å². The molecule has 0 saturated carbocycles. The molecule has 1 aromatic carbocycles. The normalized spacial score (nSPS) is 10.2. The number of hydrogen-bond donors (Lipinski definition) is 1. The molecule has 0 saturated heterocycles. The molecule has 0 radical (unpaired) electrons. The summed E-state index contributed by atoms with van der Waals surface area (Å²) in [5, 5.41) is 3.36. The minimum atomic E-state index is -0.525. The molecule has 0 bridgehead atoms. The van der Waals surface area contributed by atoms with Crippen LogP contribution in [0.1, 0.15) is 59.1 Å². The van der Waals surface area contributed by atoms with Crippen molar-refractivity contribution in [2.75, 3.05) is 20.8 Å². The summed E-state index contributed by atoms with van der Waals surface area (Å²) in [5.74, 6) is 0.322. The van der Waals surface area contributed by atoms with Gasteiger partial charge in [0.25, 0.3) is 0 Å². The topological polar surface area (TPSA) is 77.8 Å². The number of unbranched alkanes of at least 4 members (excludes halogenated alkanes) is 3. The Hall–Kier alpha value is -2.31. The molecule has 28 heavy (non-hydrogen) atoms. The molecule has 0 unspecified atom stereocenters. The van der Waals surface area contributed by atoms with E-state index in [4.69, 9.17) is 13.9 Å². The highest BCUT2D eigenvalue weighted by molar-refractivity contribution is 5.97. The summed E-state index contributed by atoms with van der Waals surface area (Å²) in [4.78, 5) is 23.8. The fraction of sp³-hybridized carbons (Fsp3) is 0.429. The molecule has 2 aromatic rings. The summed E-state index contributed by atoms with van der Waals surface area (Å²) in [6.07, 6.45) is 4.85. The van der Waals surface area contributed by atoms with Crippen molar-refractivity contribution in [3.05, 3.63) is 47.2 Å². The molecule has 6 nitrogen and oxygen atoms in total. The molecule has 1 aromatic heterocycles. The van der Waals surface area contributed by atoms with Gasteiger partial charge in [0.05, 0.1) is 31.9 Å². The molecule has 0 amide bonds. The predicted octanol–water partition coefficient (Wildman–Crippen LogP) is 4.61. The van der Waals surface area contributed by atoms with E-state index in [2.05, 4.69) is 12.2 Å². The van der Waals surface area contributed by atoms with Crippen molar-refractivity contribution in [1.29, 1.82) is 0 Å². The number of carbonyl (C=O) groups excluding carboxylic acids is 2. The first-order valence-corrected chi connectivity index (χ1v) is 9.20. The maximum atomic E-state index is 11.9. The highest BCUT2D eigenvalue weighted by Gasteiger charge is 2.16. The minimum absolute atomic E-state index is 0. The van der Waals surface area contributed by atoms with Crippen molar-refractivity contribution < 1.29 is 23.5 Å². The van der Waals surface area contributed by atoms with Crippen LogP contribution in [0.3, 0.4) is 0 Å². The van der Waals surface area contributed by atoms with Gasteiger partial charge < -0.3 is 19.2 Å². The van der Waals surface area contributed by atoms with E-state index in [1.807, 2.05) is 12.1 Å². The average Bonchev–Trinajstić information content (AvgIpc) is 3.18. The van der Waals surface area contributed by atoms with Crippen molar-refractivity contribution in [3.8, 4) is 11.3 Å². The van der Waals surface area contributed by atoms with Gasteiger partial charge in [0.15, 0.2) is 0 Å². The first kappa shape index (κ1) is 23.7. The van der Waals surface area contributed by atoms with Gasteiger partial charge in [-0.1, -0.05) is 26.2 Å². The van der Waals surface area contributed by atoms with E-state index in [-0.39, 0.29) is 23.5 Å². The van der Waals surface area contributed by atoms with E-state index < -0.39 is 11.9 Å². The van der Waals surface area contributed by atoms with E-state index >= 15 is 0 Å². The molecule has 0 atom stereocenters. The van der Waals surface area contributed by atoms with E-state index in [1.54, 1.807) is 12.1 Å². The number of halogens is 1. The molecule has 1 N–H and O–H groups in total. The molecule has 1 heterocycles. The van der Waals surface area contributed by atoms with Gasteiger partial charge in [-0.2, -0.15) is 0 Å². The third-order valence-corrected chi connectivity index (χ3v) is 4.23. The van der Waals surface area contributed by atoms with Crippen LogP contribution in [-0.2, 0) is 16.0 Å². The van der Waals surface area contributed by atoms with Crippen LogP contribution < -0.4 is 5.32 Å². The third kappa shape index (κ3) is 6.69. The van der Waals surface area contributed by atoms with Crippen molar-refractivity contribution in [3.63, 3.8) is 0 Å². The molecule has 154 valence electrons. The molecule has 7 heteroatoms. The molecule has 0 spiro atoms. The first-order valence-electron chi connectivity index (χ1n) is 9.20. The van der Waals surface area contributed by atoms with Crippen LogP contribution in [0.2, 0.25) is 0 Å². The van der Waals surface area contributed by atoms with E-state index in [1.165, 1.54) is 39.5 Å². The second kappa shape index (κ2) is 12.2. The second-order valence-corrected chi connectivity index (χ2v) is 6.29. The summed E-state index contributed by atoms with van der Waals surface area (Å²) < 4.78 is 15.4. The quantitative estimate of drug-likeness (QED) is 0.456. The number of furan rings is 1. The highest BCUT2D eigenvalue weighted by Crippen LogP contribution is 2.25. The Kier molecular flexibility index (Phi) is 10.3. The molecule has 0 fully saturated rings. The lowest BCUT2D eigenvalue weighted by atomic mass is 10.0. The van der Waals surface area contributed by atoms with Crippen LogP contribution in [0.15, 0.2) is 34.7 Å². The number of benzene rings is 1. The van der Waals surface area contributed by atoms with E-state index in [9.17, 15) is 9.59 Å². The Morgan fingerprint density at radius 2 is 1.61 bits per heavy atom. The summed E-state index contributed by atoms with van der Waals surface area (Å²) in [6.45, 7) is 3.77. The smallest absolute Gasteiger partial charge is 0.337 e. The van der Waals surface area contributed by atoms with Crippen molar-refractivity contribution in [1.82, 2.24) is 5.32 Å². The minimum Gasteiger partial charge on any atom is -0.465 e. The van der Waals surface area contributed by atoms with Crippen molar-refractivity contribution in [2.24, 2.45) is 0 Å². The first-order chi connectivity index (χ1) is 13.1. The summed E-state index contributed by atoms with van der Waals surface area (Å²) >= 11 is 0. The van der Waals surface area contributed by atoms with Gasteiger partial charge in [-0.15, -0.1) is 12.4 Å². The highest BCUT2D eigenvalue weighted by atomic mass is 35.5. The summed E-state index contributed by atoms with van der Waals surface area (Å²) in [7, 11) is 2.59. The van der Waals surface area contributed by atoms with Gasteiger partial charge >= 0.3 is 11.9 Å². The van der Waals surface area contributed by atoms with Crippen LogP contribution in [-0.4, -0.2) is 32.7 Å². The number of methoxy groups -OCH3 is 2.